The van der Waals surface area contributed by atoms with Crippen molar-refractivity contribution in [3.63, 3.8) is 0 Å². The number of carbonyl (C=O) groups is 9. The summed E-state index contributed by atoms with van der Waals surface area (Å²) in [6.45, 7) is 5.50. The molecular formula is C69H84FN9O13. The summed E-state index contributed by atoms with van der Waals surface area (Å²) in [5.41, 5.74) is 3.69. The number of halogens is 1. The molecule has 1 aromatic heterocycles. The van der Waals surface area contributed by atoms with Gasteiger partial charge >= 0.3 is 5.97 Å². The molecule has 10 rings (SSSR count). The smallest absolute Gasteiger partial charge is 0.306 e. The average molecular weight is 1270 g/mol. The number of aliphatic hydroxyl groups is 1. The fourth-order valence-electron chi connectivity index (χ4n) is 12.7. The van der Waals surface area contributed by atoms with E-state index in [2.05, 4.69) is 26.6 Å². The minimum atomic E-state index is -1.75. The molecule has 0 unspecified atom stereocenters. The zero-order chi connectivity index (χ0) is 65.6. The third kappa shape index (κ3) is 16.8. The normalized spacial score (nSPS) is 24.2. The summed E-state index contributed by atoms with van der Waals surface area (Å²) < 4.78 is 33.7. The average Bonchev–Trinajstić information content (AvgIpc) is 1.65. The van der Waals surface area contributed by atoms with Crippen LogP contribution in [0.3, 0.4) is 0 Å². The van der Waals surface area contributed by atoms with E-state index in [4.69, 9.17) is 14.2 Å². The molecule has 2 saturated heterocycles. The largest absolute Gasteiger partial charge is 0.497 e. The number of esters is 1. The van der Waals surface area contributed by atoms with Gasteiger partial charge in [-0.05, 0) is 123 Å². The van der Waals surface area contributed by atoms with Gasteiger partial charge in [0.2, 0.25) is 47.3 Å². The van der Waals surface area contributed by atoms with E-state index in [0.29, 0.717) is 73.0 Å². The Hall–Kier alpha value is -8.96. The first-order chi connectivity index (χ1) is 44.2. The lowest BCUT2D eigenvalue weighted by atomic mass is 9.95. The Balaban J connectivity index is 1.08. The van der Waals surface area contributed by atoms with E-state index in [-0.39, 0.29) is 77.2 Å². The predicted molar refractivity (Wildman–Crippen MR) is 338 cm³/mol. The van der Waals surface area contributed by atoms with Gasteiger partial charge in [0.15, 0.2) is 0 Å². The lowest BCUT2D eigenvalue weighted by molar-refractivity contribution is -0.148. The summed E-state index contributed by atoms with van der Waals surface area (Å²) >= 11 is 0. The molecule has 0 spiro atoms. The molecule has 6 heterocycles. The number of ether oxygens (including phenoxy) is 3. The van der Waals surface area contributed by atoms with Crippen molar-refractivity contribution in [1.82, 2.24) is 45.9 Å². The van der Waals surface area contributed by atoms with Gasteiger partial charge in [-0.1, -0.05) is 79.7 Å². The highest BCUT2D eigenvalue weighted by Gasteiger charge is 2.49. The van der Waals surface area contributed by atoms with E-state index < -0.39 is 108 Å². The number of allylic oxidation sites excluding steroid dienone is 2. The second kappa shape index (κ2) is 30.9. The highest BCUT2D eigenvalue weighted by molar-refractivity contribution is 5.99. The zero-order valence-corrected chi connectivity index (χ0v) is 52.9. The van der Waals surface area contributed by atoms with E-state index in [0.717, 1.165) is 22.3 Å². The van der Waals surface area contributed by atoms with Crippen molar-refractivity contribution < 1.29 is 66.9 Å². The Bertz CT molecular complexity index is 3540. The van der Waals surface area contributed by atoms with Crippen LogP contribution in [0.25, 0.3) is 10.9 Å². The van der Waals surface area contributed by atoms with Crippen molar-refractivity contribution in [2.75, 3.05) is 47.0 Å². The summed E-state index contributed by atoms with van der Waals surface area (Å²) in [5, 5.41) is 26.3. The number of fused-ring (bicyclic) bond motifs is 20. The quantitative estimate of drug-likeness (QED) is 0.0983. The van der Waals surface area contributed by atoms with Crippen molar-refractivity contribution >= 4 is 64.1 Å². The molecule has 0 saturated carbocycles. The molecule has 0 aliphatic carbocycles. The summed E-state index contributed by atoms with van der Waals surface area (Å²) in [6.07, 6.45) is 5.19. The van der Waals surface area contributed by atoms with Crippen LogP contribution < -0.4 is 31.3 Å². The summed E-state index contributed by atoms with van der Waals surface area (Å²) in [6, 6.07) is 20.2. The van der Waals surface area contributed by atoms with Crippen LogP contribution in [0.2, 0.25) is 0 Å². The Kier molecular flexibility index (Phi) is 22.7. The van der Waals surface area contributed by atoms with Crippen LogP contribution in [-0.4, -0.2) is 167 Å². The Morgan fingerprint density at radius 3 is 2.30 bits per heavy atom. The van der Waals surface area contributed by atoms with Gasteiger partial charge in [-0.3, -0.25) is 43.2 Å². The number of hydrogen-bond donors (Lipinski definition) is 6. The van der Waals surface area contributed by atoms with Crippen LogP contribution >= 0.6 is 0 Å². The maximum Gasteiger partial charge on any atom is 0.306 e. The lowest BCUT2D eigenvalue weighted by Gasteiger charge is -2.37. The molecule has 22 nitrogen and oxygen atoms in total. The van der Waals surface area contributed by atoms with Gasteiger partial charge in [-0.25, -0.2) is 4.39 Å². The minimum absolute atomic E-state index is 0.0238. The van der Waals surface area contributed by atoms with Crippen LogP contribution in [0.1, 0.15) is 99.1 Å². The highest BCUT2D eigenvalue weighted by Crippen LogP contribution is 2.32. The Morgan fingerprint density at radius 1 is 0.793 bits per heavy atom. The standard InChI is InChI=1S/C69H84FN9O13/c1-43-34-48-12-10-13-49(35-48)39-72-58(81)42-92-57-27-33-78-62(57)65(86)75-61(44(2)80)64(85)74-54(36-46-18-21-52(90-4)22-19-46)67(88)79-32-11-28-69(79,3)68(89)71-29-26-45-14-16-47(17-15-45)40-77(59(82)24-25-60(83)91-5)31-9-7-6-8-30-76-41-50(37-55(66(78)87)73-63(43)84)53-38-51(70)20-23-56(53)76/h6,8,10,12-23,35,38,41,43-44,54-55,57,61-62,80H,7,9,11,24-34,36-37,39-40,42H2,1-5H3,(H,71,89)(H,72,81)(H,73,84)(H,74,85)(H,75,86)/t43-,44+,54-,55-,57-,61-,62-,69-/m0/s1. The molecule has 6 N–H and O–H groups in total. The summed E-state index contributed by atoms with van der Waals surface area (Å²) in [7, 11) is 2.78. The van der Waals surface area contributed by atoms with Gasteiger partial charge in [0.05, 0.1) is 32.8 Å². The van der Waals surface area contributed by atoms with Gasteiger partial charge < -0.3 is 65.2 Å². The van der Waals surface area contributed by atoms with Crippen molar-refractivity contribution in [3.05, 3.63) is 149 Å². The summed E-state index contributed by atoms with van der Waals surface area (Å²) in [4.78, 5) is 133. The topological polar surface area (TPSA) is 276 Å². The molecule has 5 aromatic rings. The second-order valence-electron chi connectivity index (χ2n) is 24.6. The Morgan fingerprint density at radius 2 is 1.55 bits per heavy atom. The van der Waals surface area contributed by atoms with Gasteiger partial charge in [-0.15, -0.1) is 0 Å². The van der Waals surface area contributed by atoms with Crippen LogP contribution in [-0.2, 0) is 97.9 Å². The van der Waals surface area contributed by atoms with Crippen LogP contribution in [0.4, 0.5) is 4.39 Å². The minimum Gasteiger partial charge on any atom is -0.497 e. The fraction of sp³-hybridized carbons (Fsp3) is 0.464. The molecule has 490 valence electrons. The summed E-state index contributed by atoms with van der Waals surface area (Å²) in [5.74, 6) is -6.06. The van der Waals surface area contributed by atoms with E-state index in [1.54, 1.807) is 55.3 Å². The predicted octanol–water partition coefficient (Wildman–Crippen LogP) is 4.28. The number of nitrogens with zero attached hydrogens (tertiary/aromatic N) is 4. The van der Waals surface area contributed by atoms with E-state index in [1.165, 1.54) is 43.1 Å². The molecule has 5 aliphatic rings. The molecule has 4 aromatic carbocycles. The fourth-order valence-corrected chi connectivity index (χ4v) is 12.7. The van der Waals surface area contributed by atoms with E-state index in [9.17, 15) is 33.9 Å². The Labute approximate surface area is 534 Å². The second-order valence-corrected chi connectivity index (χ2v) is 24.6. The van der Waals surface area contributed by atoms with E-state index in [1.807, 2.05) is 65.3 Å². The third-order valence-corrected chi connectivity index (χ3v) is 17.9. The molecule has 10 bridgehead atoms. The molecule has 5 aliphatic heterocycles. The number of methoxy groups -OCH3 is 2. The molecule has 8 amide bonds. The highest BCUT2D eigenvalue weighted by atomic mass is 19.1. The van der Waals surface area contributed by atoms with Crippen molar-refractivity contribution in [2.45, 2.75) is 153 Å². The number of carbonyl (C=O) groups excluding carboxylic acids is 9. The first-order valence-electron chi connectivity index (χ1n) is 31.6. The number of amides is 8. The number of benzene rings is 4. The van der Waals surface area contributed by atoms with Gasteiger partial charge in [-0.2, -0.15) is 0 Å². The third-order valence-electron chi connectivity index (χ3n) is 17.9. The van der Waals surface area contributed by atoms with Crippen molar-refractivity contribution in [2.24, 2.45) is 5.92 Å². The molecule has 8 atom stereocenters. The number of aliphatic hydroxyl groups excluding tert-OH is 1. The maximum absolute atomic E-state index is 15.6. The number of aromatic nitrogens is 1. The van der Waals surface area contributed by atoms with Crippen molar-refractivity contribution in [3.8, 4) is 5.75 Å². The maximum atomic E-state index is 15.6. The van der Waals surface area contributed by atoms with Crippen LogP contribution in [0.15, 0.2) is 109 Å². The molecule has 2 fully saturated rings. The lowest BCUT2D eigenvalue weighted by Crippen LogP contribution is -2.63. The first-order valence-corrected chi connectivity index (χ1v) is 31.6. The number of hydrogen-bond acceptors (Lipinski definition) is 13. The zero-order valence-electron chi connectivity index (χ0n) is 52.9. The SMILES string of the molecule is COC(=O)CCC(=O)N1CCCC=CCn2cc(c3cc(F)ccc32)C[C@@H]2NC(=O)[C@@H](C)Cc3cccc(c3)CNC(=O)CO[C@H]3CCN(C2=O)[C@@H]3C(=O)N[C@@H]([C@@H](C)O)C(=O)N[C@@H](Cc2ccc(OC)cc2)C(=O)N2CCC[C@@]2(C)C(=O)NCCc2ccc(cc2)C1. The molecular weight excluding hydrogens is 1180 g/mol. The van der Waals surface area contributed by atoms with Crippen molar-refractivity contribution in [1.29, 1.82) is 0 Å². The van der Waals surface area contributed by atoms with E-state index >= 15 is 18.8 Å². The first kappa shape index (κ1) is 67.4. The monoisotopic (exact) mass is 1270 g/mol. The number of nitrogens with one attached hydrogen (secondary N) is 5. The van der Waals surface area contributed by atoms with Gasteiger partial charge in [0.1, 0.15) is 47.9 Å². The van der Waals surface area contributed by atoms with Crippen LogP contribution in [0.5, 0.6) is 5.75 Å². The van der Waals surface area contributed by atoms with Gasteiger partial charge in [0, 0.05) is 88.1 Å². The number of rotatable bonds is 7. The molecule has 92 heavy (non-hydrogen) atoms. The van der Waals surface area contributed by atoms with Gasteiger partial charge in [0.25, 0.3) is 0 Å². The van der Waals surface area contributed by atoms with Crippen LogP contribution in [0, 0.1) is 11.7 Å². The molecule has 0 radical (unpaired) electrons. The molecule has 23 heteroatoms.